The third-order valence-corrected chi connectivity index (χ3v) is 6.95. The summed E-state index contributed by atoms with van der Waals surface area (Å²) >= 11 is 0. The Morgan fingerprint density at radius 1 is 1.11 bits per heavy atom. The van der Waals surface area contributed by atoms with E-state index in [0.29, 0.717) is 30.5 Å². The highest BCUT2D eigenvalue weighted by Crippen LogP contribution is 2.23. The predicted octanol–water partition coefficient (Wildman–Crippen LogP) is 3.91. The number of aryl methyl sites for hydroxylation is 1. The molecule has 0 saturated heterocycles. The minimum absolute atomic E-state index is 0.110. The number of sulfonamides is 1. The normalized spacial score (nSPS) is 12.6. The van der Waals surface area contributed by atoms with Crippen LogP contribution in [0.2, 0.25) is 0 Å². The summed E-state index contributed by atoms with van der Waals surface area (Å²) in [6, 6.07) is 14.0. The van der Waals surface area contributed by atoms with E-state index in [1.165, 1.54) is 12.1 Å². The van der Waals surface area contributed by atoms with Crippen molar-refractivity contribution >= 4 is 26.6 Å². The van der Waals surface area contributed by atoms with Gasteiger partial charge in [0.25, 0.3) is 10.0 Å². The molecule has 11 heteroatoms. The number of nitrogens with one attached hydrogen (secondary N) is 3. The monoisotopic (exact) mass is 516 g/mol. The van der Waals surface area contributed by atoms with Crippen molar-refractivity contribution in [1.82, 2.24) is 15.5 Å². The second-order valence-corrected chi connectivity index (χ2v) is 9.76. The Morgan fingerprint density at radius 2 is 1.94 bits per heavy atom. The first-order valence-electron chi connectivity index (χ1n) is 11.3. The molecule has 0 aliphatic rings. The number of hydrogen-bond acceptors (Lipinski definition) is 6. The van der Waals surface area contributed by atoms with Gasteiger partial charge in [-0.1, -0.05) is 19.1 Å². The number of aliphatic hydroxyl groups is 1. The third-order valence-electron chi connectivity index (χ3n) is 5.55. The molecule has 0 spiro atoms. The molecule has 3 aromatic carbocycles. The lowest BCUT2D eigenvalue weighted by Gasteiger charge is -2.15. The molecule has 8 nitrogen and oxygen atoms in total. The zero-order valence-corrected chi connectivity index (χ0v) is 20.3. The Labute approximate surface area is 207 Å². The first-order valence-corrected chi connectivity index (χ1v) is 12.8. The molecule has 1 aromatic heterocycles. The van der Waals surface area contributed by atoms with Crippen molar-refractivity contribution in [2.75, 3.05) is 24.4 Å². The lowest BCUT2D eigenvalue weighted by molar-refractivity contribution is 0.172. The van der Waals surface area contributed by atoms with E-state index < -0.39 is 32.7 Å². The predicted molar refractivity (Wildman–Crippen MR) is 132 cm³/mol. The van der Waals surface area contributed by atoms with Gasteiger partial charge in [-0.3, -0.25) is 9.82 Å². The van der Waals surface area contributed by atoms with Gasteiger partial charge in [0.2, 0.25) is 0 Å². The minimum Gasteiger partial charge on any atom is -0.492 e. The van der Waals surface area contributed by atoms with Crippen molar-refractivity contribution in [3.05, 3.63) is 83.6 Å². The Kier molecular flexibility index (Phi) is 7.82. The first-order chi connectivity index (χ1) is 17.3. The van der Waals surface area contributed by atoms with E-state index in [4.69, 9.17) is 4.74 Å². The van der Waals surface area contributed by atoms with Crippen LogP contribution < -0.4 is 14.8 Å². The van der Waals surface area contributed by atoms with Gasteiger partial charge in [-0.05, 0) is 54.4 Å². The summed E-state index contributed by atoms with van der Waals surface area (Å²) < 4.78 is 60.3. The maximum Gasteiger partial charge on any atom is 0.264 e. The zero-order valence-electron chi connectivity index (χ0n) is 19.5. The van der Waals surface area contributed by atoms with E-state index in [1.807, 2.05) is 18.2 Å². The van der Waals surface area contributed by atoms with Crippen LogP contribution in [0.5, 0.6) is 5.75 Å². The quantitative estimate of drug-likeness (QED) is 0.225. The van der Waals surface area contributed by atoms with Gasteiger partial charge in [0.1, 0.15) is 28.9 Å². The average Bonchev–Trinajstić information content (AvgIpc) is 3.27. The Morgan fingerprint density at radius 3 is 2.75 bits per heavy atom. The second-order valence-electron chi connectivity index (χ2n) is 8.11. The molecule has 4 rings (SSSR count). The number of aromatic amines is 1. The van der Waals surface area contributed by atoms with Crippen molar-refractivity contribution in [2.24, 2.45) is 0 Å². The van der Waals surface area contributed by atoms with Crippen LogP contribution in [0.15, 0.2) is 65.6 Å². The largest absolute Gasteiger partial charge is 0.492 e. The van der Waals surface area contributed by atoms with Gasteiger partial charge >= 0.3 is 0 Å². The van der Waals surface area contributed by atoms with Crippen molar-refractivity contribution in [1.29, 1.82) is 0 Å². The van der Waals surface area contributed by atoms with E-state index in [9.17, 15) is 22.3 Å². The molecule has 0 aliphatic carbocycles. The fraction of sp³-hybridized carbons (Fsp3) is 0.240. The molecule has 0 aliphatic heterocycles. The van der Waals surface area contributed by atoms with Gasteiger partial charge in [0.15, 0.2) is 0 Å². The summed E-state index contributed by atoms with van der Waals surface area (Å²) in [6.45, 7) is 3.07. The number of aromatic nitrogens is 2. The third kappa shape index (κ3) is 5.99. The number of hydrogen-bond donors (Lipinski definition) is 4. The molecule has 1 atom stereocenters. The standard InChI is InChI=1S/C25H26F2N4O4S/c1-2-22-20-8-7-19(14-23(20)30-29-22)35-11-10-28-15-24(32)16-4-3-5-18(12-16)31-36(33,34)25-13-17(26)6-9-21(25)27/h3-9,12-14,24,28,31-32H,2,10-11,15H2,1H3,(H,29,30)/t24-/m0/s1. The van der Waals surface area contributed by atoms with Crippen LogP contribution in [0.25, 0.3) is 10.9 Å². The van der Waals surface area contributed by atoms with Crippen LogP contribution in [-0.4, -0.2) is 43.4 Å². The second kappa shape index (κ2) is 11.0. The number of aliphatic hydroxyl groups excluding tert-OH is 1. The summed E-state index contributed by atoms with van der Waals surface area (Å²) in [7, 11) is -4.36. The Bertz CT molecular complexity index is 1460. The van der Waals surface area contributed by atoms with Crippen molar-refractivity contribution in [2.45, 2.75) is 24.3 Å². The summed E-state index contributed by atoms with van der Waals surface area (Å²) in [6.07, 6.45) is -0.0724. The summed E-state index contributed by atoms with van der Waals surface area (Å²) in [5.74, 6) is -1.25. The van der Waals surface area contributed by atoms with Crippen molar-refractivity contribution < 1.29 is 27.0 Å². The number of benzene rings is 3. The SMILES string of the molecule is CCc1[nH]nc2cc(OCCNC[C@H](O)c3cccc(NS(=O)(=O)c4cc(F)ccc4F)c3)ccc12. The Balaban J connectivity index is 1.29. The number of H-pyrrole nitrogens is 1. The molecule has 0 fully saturated rings. The van der Waals surface area contributed by atoms with E-state index in [-0.39, 0.29) is 12.2 Å². The van der Waals surface area contributed by atoms with Crippen molar-refractivity contribution in [3.63, 3.8) is 0 Å². The minimum atomic E-state index is -4.36. The summed E-state index contributed by atoms with van der Waals surface area (Å²) in [4.78, 5) is -0.799. The van der Waals surface area contributed by atoms with Gasteiger partial charge in [-0.2, -0.15) is 5.10 Å². The van der Waals surface area contributed by atoms with Crippen LogP contribution in [-0.2, 0) is 16.4 Å². The molecule has 0 amide bonds. The van der Waals surface area contributed by atoms with Crippen LogP contribution >= 0.6 is 0 Å². The number of anilines is 1. The number of ether oxygens (including phenoxy) is 1. The smallest absolute Gasteiger partial charge is 0.264 e. The van der Waals surface area contributed by atoms with Gasteiger partial charge in [-0.25, -0.2) is 17.2 Å². The number of rotatable bonds is 11. The maximum atomic E-state index is 13.9. The van der Waals surface area contributed by atoms with E-state index in [0.717, 1.165) is 35.2 Å². The average molecular weight is 517 g/mol. The molecule has 190 valence electrons. The van der Waals surface area contributed by atoms with Crippen LogP contribution in [0.3, 0.4) is 0 Å². The molecule has 4 aromatic rings. The highest BCUT2D eigenvalue weighted by atomic mass is 32.2. The number of halogens is 2. The first kappa shape index (κ1) is 25.5. The lowest BCUT2D eigenvalue weighted by atomic mass is 10.1. The van der Waals surface area contributed by atoms with Crippen LogP contribution in [0.1, 0.15) is 24.3 Å². The summed E-state index contributed by atoms with van der Waals surface area (Å²) in [5.41, 5.74) is 2.46. The molecular weight excluding hydrogens is 490 g/mol. The van der Waals surface area contributed by atoms with Gasteiger partial charge in [-0.15, -0.1) is 0 Å². The van der Waals surface area contributed by atoms with Gasteiger partial charge < -0.3 is 15.2 Å². The zero-order chi connectivity index (χ0) is 25.7. The van der Waals surface area contributed by atoms with Crippen LogP contribution in [0.4, 0.5) is 14.5 Å². The van der Waals surface area contributed by atoms with E-state index in [1.54, 1.807) is 12.1 Å². The highest BCUT2D eigenvalue weighted by Gasteiger charge is 2.20. The molecule has 0 bridgehead atoms. The molecule has 36 heavy (non-hydrogen) atoms. The van der Waals surface area contributed by atoms with Gasteiger partial charge in [0.05, 0.1) is 11.6 Å². The lowest BCUT2D eigenvalue weighted by Crippen LogP contribution is -2.26. The highest BCUT2D eigenvalue weighted by molar-refractivity contribution is 7.92. The van der Waals surface area contributed by atoms with Crippen LogP contribution in [0, 0.1) is 11.6 Å². The van der Waals surface area contributed by atoms with E-state index in [2.05, 4.69) is 27.2 Å². The van der Waals surface area contributed by atoms with Gasteiger partial charge in [0, 0.05) is 35.9 Å². The van der Waals surface area contributed by atoms with E-state index >= 15 is 0 Å². The molecule has 4 N–H and O–H groups in total. The number of fused-ring (bicyclic) bond motifs is 1. The molecule has 0 saturated carbocycles. The molecule has 1 heterocycles. The maximum absolute atomic E-state index is 13.9. The summed E-state index contributed by atoms with van der Waals surface area (Å²) in [5, 5.41) is 21.9. The fourth-order valence-corrected chi connectivity index (χ4v) is 4.85. The fourth-order valence-electron chi connectivity index (χ4n) is 3.71. The molecular formula is C25H26F2N4O4S. The topological polar surface area (TPSA) is 116 Å². The van der Waals surface area contributed by atoms with Crippen molar-refractivity contribution in [3.8, 4) is 5.75 Å². The molecule has 0 unspecified atom stereocenters. The molecule has 0 radical (unpaired) electrons. The Hall–Kier alpha value is -3.54. The number of nitrogens with zero attached hydrogens (tertiary/aromatic N) is 1.